The Morgan fingerprint density at radius 1 is 1.25 bits per heavy atom. The number of hydrogen-bond acceptors (Lipinski definition) is 3. The van der Waals surface area contributed by atoms with Crippen LogP contribution in [0, 0.1) is 11.3 Å². The number of aliphatic hydroxyl groups is 1. The molecule has 158 valence electrons. The van der Waals surface area contributed by atoms with Gasteiger partial charge in [-0.05, 0) is 30.4 Å². The average Bonchev–Trinajstić information content (AvgIpc) is 3.08. The lowest BCUT2D eigenvalue weighted by Crippen LogP contribution is -2.31. The maximum absolute atomic E-state index is 11.1. The molecule has 1 atom stereocenters. The van der Waals surface area contributed by atoms with E-state index < -0.39 is 6.10 Å². The highest BCUT2D eigenvalue weighted by Crippen LogP contribution is 2.45. The summed E-state index contributed by atoms with van der Waals surface area (Å²) in [6.07, 6.45) is 5.71. The lowest BCUT2D eigenvalue weighted by Gasteiger charge is -2.39. The molecule has 0 saturated carbocycles. The van der Waals surface area contributed by atoms with Crippen molar-refractivity contribution in [2.45, 2.75) is 73.3 Å². The van der Waals surface area contributed by atoms with Gasteiger partial charge in [-0.3, -0.25) is 9.89 Å². The van der Waals surface area contributed by atoms with Gasteiger partial charge in [-0.15, -0.1) is 0 Å². The molecule has 0 aliphatic rings. The zero-order chi connectivity index (χ0) is 21.3. The molecule has 2 rings (SSSR count). The molecule has 0 saturated heterocycles. The maximum Gasteiger partial charge on any atom is 0.216 e. The number of rotatable bonds is 8. The van der Waals surface area contributed by atoms with Crippen LogP contribution in [-0.4, -0.2) is 27.8 Å². The van der Waals surface area contributed by atoms with Gasteiger partial charge < -0.3 is 10.4 Å². The van der Waals surface area contributed by atoms with Crippen LogP contribution in [0.15, 0.2) is 18.3 Å². The van der Waals surface area contributed by atoms with Crippen molar-refractivity contribution in [3.8, 4) is 0 Å². The fourth-order valence-corrected chi connectivity index (χ4v) is 3.96. The number of amides is 1. The Kier molecular flexibility index (Phi) is 9.97. The second kappa shape index (κ2) is 11.4. The summed E-state index contributed by atoms with van der Waals surface area (Å²) in [5.41, 5.74) is 1.52. The molecular weight excluding hydrogens is 374 g/mol. The molecule has 0 bridgehead atoms. The summed E-state index contributed by atoms with van der Waals surface area (Å²) < 4.78 is 0. The van der Waals surface area contributed by atoms with Gasteiger partial charge in [0.2, 0.25) is 5.91 Å². The molecule has 0 radical (unpaired) electrons. The third kappa shape index (κ3) is 6.49. The van der Waals surface area contributed by atoms with Crippen molar-refractivity contribution in [2.24, 2.45) is 11.3 Å². The van der Waals surface area contributed by atoms with E-state index in [2.05, 4.69) is 43.2 Å². The van der Waals surface area contributed by atoms with E-state index in [0.717, 1.165) is 48.7 Å². The second-order valence-electron chi connectivity index (χ2n) is 7.91. The maximum atomic E-state index is 11.1. The van der Waals surface area contributed by atoms with Gasteiger partial charge in [0.05, 0.1) is 17.8 Å². The molecule has 2 aromatic rings. The number of aromatic amines is 1. The molecule has 1 unspecified atom stereocenters. The Morgan fingerprint density at radius 3 is 2.32 bits per heavy atom. The molecule has 1 aromatic carbocycles. The number of H-pyrrole nitrogens is 1. The topological polar surface area (TPSA) is 78.0 Å². The summed E-state index contributed by atoms with van der Waals surface area (Å²) in [6, 6.07) is 3.74. The standard InChI is InChI=1S/C18H27ClN2O.C4H9NO/c1-5-7-13(8-6-2)18(3,4)17(22)15-10-14(19)9-12-11-20-21-16(12)15;1-3-5-4(2)6/h9-11,13,17,22H,5-8H2,1-4H3,(H,20,21);3H2,1-2H3,(H,5,6). The number of halogens is 1. The quantitative estimate of drug-likeness (QED) is 0.528. The van der Waals surface area contributed by atoms with Gasteiger partial charge in [-0.1, -0.05) is 65.0 Å². The van der Waals surface area contributed by atoms with Crippen molar-refractivity contribution < 1.29 is 9.90 Å². The molecule has 5 nitrogen and oxygen atoms in total. The van der Waals surface area contributed by atoms with Gasteiger partial charge in [0.25, 0.3) is 0 Å². The third-order valence-corrected chi connectivity index (χ3v) is 5.51. The average molecular weight is 410 g/mol. The number of aromatic nitrogens is 2. The van der Waals surface area contributed by atoms with Gasteiger partial charge in [0.15, 0.2) is 0 Å². The number of nitrogens with zero attached hydrogens (tertiary/aromatic N) is 1. The lowest BCUT2D eigenvalue weighted by atomic mass is 9.68. The summed E-state index contributed by atoms with van der Waals surface area (Å²) in [6.45, 7) is 12.9. The van der Waals surface area contributed by atoms with Gasteiger partial charge in [-0.25, -0.2) is 0 Å². The van der Waals surface area contributed by atoms with Crippen molar-refractivity contribution >= 4 is 28.4 Å². The first-order valence-electron chi connectivity index (χ1n) is 10.2. The van der Waals surface area contributed by atoms with Crippen LogP contribution in [-0.2, 0) is 4.79 Å². The van der Waals surface area contributed by atoms with E-state index in [4.69, 9.17) is 11.6 Å². The van der Waals surface area contributed by atoms with Crippen LogP contribution in [0.1, 0.15) is 78.9 Å². The predicted octanol–water partition coefficient (Wildman–Crippen LogP) is 5.63. The highest BCUT2D eigenvalue weighted by Gasteiger charge is 2.37. The Bertz CT molecular complexity index is 736. The van der Waals surface area contributed by atoms with E-state index in [9.17, 15) is 9.90 Å². The van der Waals surface area contributed by atoms with Gasteiger partial charge >= 0.3 is 0 Å². The van der Waals surface area contributed by atoms with Crippen LogP contribution in [0.2, 0.25) is 5.02 Å². The molecule has 1 aromatic heterocycles. The zero-order valence-electron chi connectivity index (χ0n) is 18.1. The molecule has 0 aliphatic heterocycles. The molecule has 0 aliphatic carbocycles. The number of nitrogens with one attached hydrogen (secondary N) is 2. The smallest absolute Gasteiger partial charge is 0.216 e. The fourth-order valence-electron chi connectivity index (χ4n) is 3.72. The number of carbonyl (C=O) groups excluding carboxylic acids is 1. The summed E-state index contributed by atoms with van der Waals surface area (Å²) in [7, 11) is 0. The summed E-state index contributed by atoms with van der Waals surface area (Å²) in [5.74, 6) is 0.520. The first-order valence-corrected chi connectivity index (χ1v) is 10.6. The van der Waals surface area contributed by atoms with E-state index in [1.165, 1.54) is 6.92 Å². The van der Waals surface area contributed by atoms with Crippen LogP contribution in [0.25, 0.3) is 10.9 Å². The van der Waals surface area contributed by atoms with Gasteiger partial charge in [-0.2, -0.15) is 5.10 Å². The van der Waals surface area contributed by atoms with Gasteiger partial charge in [0, 0.05) is 29.4 Å². The number of aliphatic hydroxyl groups excluding tert-OH is 1. The number of benzene rings is 1. The predicted molar refractivity (Wildman–Crippen MR) is 118 cm³/mol. The molecule has 1 amide bonds. The Labute approximate surface area is 174 Å². The van der Waals surface area contributed by atoms with Crippen LogP contribution in [0.5, 0.6) is 0 Å². The van der Waals surface area contributed by atoms with Crippen LogP contribution >= 0.6 is 11.6 Å². The van der Waals surface area contributed by atoms with Crippen molar-refractivity contribution in [3.05, 3.63) is 28.9 Å². The third-order valence-electron chi connectivity index (χ3n) is 5.30. The monoisotopic (exact) mass is 409 g/mol. The van der Waals surface area contributed by atoms with E-state index in [1.807, 2.05) is 19.1 Å². The molecular formula is C22H36ClN3O2. The molecule has 28 heavy (non-hydrogen) atoms. The number of fused-ring (bicyclic) bond motifs is 1. The summed E-state index contributed by atoms with van der Waals surface area (Å²) in [4.78, 5) is 9.93. The molecule has 6 heteroatoms. The Hall–Kier alpha value is -1.59. The van der Waals surface area contributed by atoms with Crippen LogP contribution in [0.4, 0.5) is 0 Å². The van der Waals surface area contributed by atoms with Crippen molar-refractivity contribution in [1.29, 1.82) is 0 Å². The number of hydrogen-bond donors (Lipinski definition) is 3. The SMILES string of the molecule is CCCC(CCC)C(C)(C)C(O)c1cc(Cl)cc2cn[nH]c12.CCNC(C)=O. The molecule has 0 fully saturated rings. The van der Waals surface area contributed by atoms with Gasteiger partial charge in [0.1, 0.15) is 0 Å². The minimum absolute atomic E-state index is 0.0394. The lowest BCUT2D eigenvalue weighted by molar-refractivity contribution is -0.118. The fraction of sp³-hybridized carbons (Fsp3) is 0.636. The number of carbonyl (C=O) groups is 1. The van der Waals surface area contributed by atoms with E-state index in [1.54, 1.807) is 6.20 Å². The molecule has 1 heterocycles. The highest BCUT2D eigenvalue weighted by molar-refractivity contribution is 6.31. The minimum atomic E-state index is -0.572. The zero-order valence-corrected chi connectivity index (χ0v) is 18.9. The van der Waals surface area contributed by atoms with Crippen molar-refractivity contribution in [1.82, 2.24) is 15.5 Å². The van der Waals surface area contributed by atoms with Crippen LogP contribution < -0.4 is 5.32 Å². The second-order valence-corrected chi connectivity index (χ2v) is 8.35. The minimum Gasteiger partial charge on any atom is -0.388 e. The Morgan fingerprint density at radius 2 is 1.86 bits per heavy atom. The van der Waals surface area contributed by atoms with Crippen LogP contribution in [0.3, 0.4) is 0 Å². The Balaban J connectivity index is 0.000000568. The van der Waals surface area contributed by atoms with E-state index in [-0.39, 0.29) is 11.3 Å². The molecule has 3 N–H and O–H groups in total. The summed E-state index contributed by atoms with van der Waals surface area (Å²) in [5, 5.41) is 22.4. The highest BCUT2D eigenvalue weighted by atomic mass is 35.5. The first-order chi connectivity index (χ1) is 13.2. The molecule has 0 spiro atoms. The van der Waals surface area contributed by atoms with E-state index >= 15 is 0 Å². The first kappa shape index (κ1) is 24.4. The largest absolute Gasteiger partial charge is 0.388 e. The normalized spacial score (nSPS) is 12.6. The van der Waals surface area contributed by atoms with Crippen molar-refractivity contribution in [3.63, 3.8) is 0 Å². The summed E-state index contributed by atoms with van der Waals surface area (Å²) >= 11 is 6.22. The van der Waals surface area contributed by atoms with E-state index in [0.29, 0.717) is 10.9 Å². The van der Waals surface area contributed by atoms with Crippen molar-refractivity contribution in [2.75, 3.05) is 6.54 Å².